The van der Waals surface area contributed by atoms with E-state index in [0.29, 0.717) is 35.9 Å². The van der Waals surface area contributed by atoms with E-state index in [9.17, 15) is 9.59 Å². The third-order valence-corrected chi connectivity index (χ3v) is 6.42. The van der Waals surface area contributed by atoms with Gasteiger partial charge in [0, 0.05) is 29.8 Å². The van der Waals surface area contributed by atoms with Gasteiger partial charge in [-0.1, -0.05) is 62.4 Å². The summed E-state index contributed by atoms with van der Waals surface area (Å²) in [6.07, 6.45) is 0.429. The number of nitrogens with zero attached hydrogens (tertiary/aromatic N) is 1. The number of nitrogens with one attached hydrogen (secondary N) is 1. The number of methoxy groups -OCH3 is 1. The normalized spacial score (nSPS) is 17.6. The SMILES string of the molecule is COc1ccccc1CNC(=O)C1(C)Cc2ccccc2C(=O)N1c1ccc(C(C)C)cc1. The zero-order chi connectivity index (χ0) is 23.6. The molecule has 0 aromatic heterocycles. The Morgan fingerprint density at radius 3 is 2.39 bits per heavy atom. The number of ether oxygens (including phenoxy) is 1. The first-order valence-electron chi connectivity index (χ1n) is 11.3. The summed E-state index contributed by atoms with van der Waals surface area (Å²) in [4.78, 5) is 29.0. The second-order valence-electron chi connectivity index (χ2n) is 8.99. The van der Waals surface area contributed by atoms with Crippen LogP contribution in [0.25, 0.3) is 0 Å². The summed E-state index contributed by atoms with van der Waals surface area (Å²) in [5.74, 6) is 0.731. The number of amides is 2. The Morgan fingerprint density at radius 2 is 1.70 bits per heavy atom. The first kappa shape index (κ1) is 22.6. The highest BCUT2D eigenvalue weighted by atomic mass is 16.5. The average molecular weight is 443 g/mol. The fourth-order valence-electron chi connectivity index (χ4n) is 4.48. The molecular weight excluding hydrogens is 412 g/mol. The minimum Gasteiger partial charge on any atom is -0.496 e. The van der Waals surface area contributed by atoms with E-state index in [1.807, 2.05) is 79.7 Å². The van der Waals surface area contributed by atoms with Crippen LogP contribution in [0.1, 0.15) is 53.7 Å². The van der Waals surface area contributed by atoms with Gasteiger partial charge in [-0.05, 0) is 48.2 Å². The number of benzene rings is 3. The number of hydrogen-bond donors (Lipinski definition) is 1. The molecule has 0 saturated heterocycles. The number of hydrogen-bond acceptors (Lipinski definition) is 3. The lowest BCUT2D eigenvalue weighted by molar-refractivity contribution is -0.126. The van der Waals surface area contributed by atoms with E-state index in [2.05, 4.69) is 19.2 Å². The van der Waals surface area contributed by atoms with Gasteiger partial charge in [-0.25, -0.2) is 0 Å². The molecule has 5 heteroatoms. The smallest absolute Gasteiger partial charge is 0.259 e. The molecule has 0 bridgehead atoms. The van der Waals surface area contributed by atoms with Gasteiger partial charge in [-0.2, -0.15) is 0 Å². The van der Waals surface area contributed by atoms with Gasteiger partial charge in [0.1, 0.15) is 11.3 Å². The lowest BCUT2D eigenvalue weighted by Gasteiger charge is -2.44. The highest BCUT2D eigenvalue weighted by molar-refractivity contribution is 6.14. The molecule has 170 valence electrons. The van der Waals surface area contributed by atoms with Crippen LogP contribution in [-0.4, -0.2) is 24.5 Å². The highest BCUT2D eigenvalue weighted by Crippen LogP contribution is 2.36. The number of carbonyl (C=O) groups is 2. The predicted octanol–water partition coefficient (Wildman–Crippen LogP) is 5.10. The molecular formula is C28H30N2O3. The number of rotatable bonds is 6. The van der Waals surface area contributed by atoms with E-state index in [1.165, 1.54) is 5.56 Å². The molecule has 4 rings (SSSR count). The standard InChI is InChI=1S/C28H30N2O3/c1-19(2)20-13-15-23(16-14-20)30-26(31)24-11-7-5-9-21(24)17-28(30,3)27(32)29-18-22-10-6-8-12-25(22)33-4/h5-16,19H,17-18H2,1-4H3,(H,29,32). The van der Waals surface area contributed by atoms with Crippen molar-refractivity contribution in [2.45, 2.75) is 45.2 Å². The first-order valence-corrected chi connectivity index (χ1v) is 11.3. The van der Waals surface area contributed by atoms with Gasteiger partial charge in [0.2, 0.25) is 5.91 Å². The molecule has 5 nitrogen and oxygen atoms in total. The van der Waals surface area contributed by atoms with E-state index in [-0.39, 0.29) is 11.8 Å². The Labute approximate surface area is 195 Å². The van der Waals surface area contributed by atoms with Gasteiger partial charge in [0.05, 0.1) is 7.11 Å². The topological polar surface area (TPSA) is 58.6 Å². The molecule has 3 aromatic carbocycles. The predicted molar refractivity (Wildman–Crippen MR) is 131 cm³/mol. The van der Waals surface area contributed by atoms with Crippen molar-refractivity contribution in [2.75, 3.05) is 12.0 Å². The van der Waals surface area contributed by atoms with Crippen molar-refractivity contribution in [2.24, 2.45) is 0 Å². The molecule has 0 aliphatic carbocycles. The maximum absolute atomic E-state index is 13.7. The van der Waals surface area contributed by atoms with E-state index < -0.39 is 5.54 Å². The largest absolute Gasteiger partial charge is 0.496 e. The van der Waals surface area contributed by atoms with Crippen LogP contribution in [0.15, 0.2) is 72.8 Å². The van der Waals surface area contributed by atoms with Crippen molar-refractivity contribution in [1.82, 2.24) is 5.32 Å². The molecule has 3 aromatic rings. The molecule has 0 radical (unpaired) electrons. The summed E-state index contributed by atoms with van der Waals surface area (Å²) >= 11 is 0. The van der Waals surface area contributed by atoms with Crippen LogP contribution in [0, 0.1) is 0 Å². The monoisotopic (exact) mass is 442 g/mol. The van der Waals surface area contributed by atoms with Crippen molar-refractivity contribution >= 4 is 17.5 Å². The molecule has 1 heterocycles. The van der Waals surface area contributed by atoms with Crippen molar-refractivity contribution in [3.8, 4) is 5.75 Å². The first-order chi connectivity index (χ1) is 15.8. The number of fused-ring (bicyclic) bond motifs is 1. The van der Waals surface area contributed by atoms with Gasteiger partial charge < -0.3 is 10.1 Å². The van der Waals surface area contributed by atoms with Crippen molar-refractivity contribution in [3.05, 3.63) is 95.1 Å². The maximum atomic E-state index is 13.7. The zero-order valence-electron chi connectivity index (χ0n) is 19.6. The van der Waals surface area contributed by atoms with Gasteiger partial charge in [0.25, 0.3) is 5.91 Å². The third-order valence-electron chi connectivity index (χ3n) is 6.42. The summed E-state index contributed by atoms with van der Waals surface area (Å²) in [7, 11) is 1.61. The highest BCUT2D eigenvalue weighted by Gasteiger charge is 2.47. The Morgan fingerprint density at radius 1 is 1.03 bits per heavy atom. The van der Waals surface area contributed by atoms with Gasteiger partial charge in [0.15, 0.2) is 0 Å². The van der Waals surface area contributed by atoms with E-state index >= 15 is 0 Å². The van der Waals surface area contributed by atoms with Crippen LogP contribution >= 0.6 is 0 Å². The third kappa shape index (κ3) is 4.23. The molecule has 2 amide bonds. The van der Waals surface area contributed by atoms with Crippen LogP contribution in [0.4, 0.5) is 5.69 Å². The second kappa shape index (κ2) is 9.10. The molecule has 1 aliphatic rings. The van der Waals surface area contributed by atoms with Crippen molar-refractivity contribution in [3.63, 3.8) is 0 Å². The molecule has 1 N–H and O–H groups in total. The zero-order valence-corrected chi connectivity index (χ0v) is 19.6. The van der Waals surface area contributed by atoms with Crippen LogP contribution in [0.5, 0.6) is 5.75 Å². The van der Waals surface area contributed by atoms with Gasteiger partial charge >= 0.3 is 0 Å². The minimum absolute atomic E-state index is 0.163. The molecule has 1 unspecified atom stereocenters. The molecule has 1 aliphatic heterocycles. The fraction of sp³-hybridized carbons (Fsp3) is 0.286. The Kier molecular flexibility index (Phi) is 6.23. The van der Waals surface area contributed by atoms with Crippen LogP contribution in [-0.2, 0) is 17.8 Å². The maximum Gasteiger partial charge on any atom is 0.259 e. The number of para-hydroxylation sites is 1. The fourth-order valence-corrected chi connectivity index (χ4v) is 4.48. The van der Waals surface area contributed by atoms with E-state index in [4.69, 9.17) is 4.74 Å². The quantitative estimate of drug-likeness (QED) is 0.578. The molecule has 1 atom stereocenters. The Hall–Kier alpha value is -3.60. The summed E-state index contributed by atoms with van der Waals surface area (Å²) < 4.78 is 5.42. The Bertz CT molecular complexity index is 1170. The second-order valence-corrected chi connectivity index (χ2v) is 8.99. The summed E-state index contributed by atoms with van der Waals surface area (Å²) in [5, 5.41) is 3.05. The van der Waals surface area contributed by atoms with Gasteiger partial charge in [-0.15, -0.1) is 0 Å². The van der Waals surface area contributed by atoms with Crippen molar-refractivity contribution < 1.29 is 14.3 Å². The van der Waals surface area contributed by atoms with Crippen LogP contribution in [0.2, 0.25) is 0 Å². The Balaban J connectivity index is 1.70. The summed E-state index contributed by atoms with van der Waals surface area (Å²) in [6.45, 7) is 6.42. The lowest BCUT2D eigenvalue weighted by Crippen LogP contribution is -2.63. The molecule has 33 heavy (non-hydrogen) atoms. The van der Waals surface area contributed by atoms with E-state index in [0.717, 1.165) is 11.1 Å². The molecule has 0 spiro atoms. The minimum atomic E-state index is -1.08. The van der Waals surface area contributed by atoms with Gasteiger partial charge in [-0.3, -0.25) is 14.5 Å². The number of carbonyl (C=O) groups excluding carboxylic acids is 2. The lowest BCUT2D eigenvalue weighted by atomic mass is 9.82. The van der Waals surface area contributed by atoms with Crippen LogP contribution in [0.3, 0.4) is 0 Å². The average Bonchev–Trinajstić information content (AvgIpc) is 2.83. The van der Waals surface area contributed by atoms with Crippen molar-refractivity contribution in [1.29, 1.82) is 0 Å². The molecule has 0 fully saturated rings. The summed E-state index contributed by atoms with van der Waals surface area (Å²) in [6, 6.07) is 23.1. The van der Waals surface area contributed by atoms with E-state index in [1.54, 1.807) is 12.0 Å². The van der Waals surface area contributed by atoms with Crippen LogP contribution < -0.4 is 15.0 Å². The molecule has 0 saturated carbocycles. The number of anilines is 1. The summed E-state index contributed by atoms with van der Waals surface area (Å²) in [5.41, 5.74) is 3.23.